The molecule has 2 aromatic carbocycles. The van der Waals surface area contributed by atoms with E-state index in [0.717, 1.165) is 41.6 Å². The fraction of sp³-hybridized carbons (Fsp3) is 0.417. The number of nitrogens with one attached hydrogen (secondary N) is 1. The van der Waals surface area contributed by atoms with E-state index in [1.54, 1.807) is 0 Å². The van der Waals surface area contributed by atoms with Crippen molar-refractivity contribution in [2.24, 2.45) is 0 Å². The molecule has 0 aromatic heterocycles. The van der Waals surface area contributed by atoms with E-state index in [1.165, 1.54) is 0 Å². The topological polar surface area (TPSA) is 55.4 Å². The summed E-state index contributed by atoms with van der Waals surface area (Å²) in [5.41, 5.74) is 4.01. The zero-order valence-electron chi connectivity index (χ0n) is 17.9. The SMILES string of the molecule is Cc1cccc(C)c1NC(=O)C1([PH](C)(C)CC(=O)OCc2ccccc2)CCC1. The van der Waals surface area contributed by atoms with Crippen molar-refractivity contribution in [3.05, 3.63) is 65.2 Å². The number of para-hydroxylation sites is 1. The van der Waals surface area contributed by atoms with Gasteiger partial charge in [0.25, 0.3) is 0 Å². The molecule has 0 spiro atoms. The Bertz CT molecular complexity index is 868. The van der Waals surface area contributed by atoms with E-state index < -0.39 is 12.4 Å². The zero-order valence-corrected chi connectivity index (χ0v) is 18.9. The van der Waals surface area contributed by atoms with E-state index in [-0.39, 0.29) is 18.5 Å². The second-order valence-electron chi connectivity index (χ2n) is 8.86. The third-order valence-corrected chi connectivity index (χ3v) is 11.0. The molecule has 1 saturated carbocycles. The Kier molecular flexibility index (Phi) is 6.43. The van der Waals surface area contributed by atoms with Crippen LogP contribution in [0.1, 0.15) is 36.0 Å². The van der Waals surface area contributed by atoms with E-state index in [1.807, 2.05) is 62.4 Å². The molecule has 0 heterocycles. The molecule has 1 aliphatic rings. The summed E-state index contributed by atoms with van der Waals surface area (Å²) in [6, 6.07) is 15.7. The molecule has 1 aliphatic carbocycles. The van der Waals surface area contributed by atoms with Crippen molar-refractivity contribution in [2.75, 3.05) is 24.8 Å². The van der Waals surface area contributed by atoms with Crippen molar-refractivity contribution in [2.45, 2.75) is 44.9 Å². The number of esters is 1. The van der Waals surface area contributed by atoms with Crippen molar-refractivity contribution in [3.63, 3.8) is 0 Å². The second kappa shape index (κ2) is 8.67. The van der Waals surface area contributed by atoms with Crippen LogP contribution in [0, 0.1) is 13.8 Å². The second-order valence-corrected chi connectivity index (χ2v) is 13.9. The number of benzene rings is 2. The van der Waals surface area contributed by atoms with Gasteiger partial charge in [0.2, 0.25) is 0 Å². The van der Waals surface area contributed by atoms with E-state index in [2.05, 4.69) is 18.6 Å². The molecule has 1 amide bonds. The normalized spacial score (nSPS) is 15.9. The number of ether oxygens (including phenoxy) is 1. The van der Waals surface area contributed by atoms with Gasteiger partial charge in [0.15, 0.2) is 0 Å². The molecule has 0 aliphatic heterocycles. The molecule has 1 fully saturated rings. The van der Waals surface area contributed by atoms with E-state index in [9.17, 15) is 9.59 Å². The molecule has 0 atom stereocenters. The van der Waals surface area contributed by atoms with Crippen molar-refractivity contribution in [1.29, 1.82) is 0 Å². The van der Waals surface area contributed by atoms with Gasteiger partial charge < -0.3 is 0 Å². The number of hydrogen-bond acceptors (Lipinski definition) is 3. The molecule has 0 saturated heterocycles. The molecule has 0 unspecified atom stereocenters. The fourth-order valence-corrected chi connectivity index (χ4v) is 7.85. The first-order valence-electron chi connectivity index (χ1n) is 10.3. The molecular formula is C24H32NO3P. The summed E-state index contributed by atoms with van der Waals surface area (Å²) in [6.07, 6.45) is 3.11. The molecule has 1 N–H and O–H groups in total. The predicted molar refractivity (Wildman–Crippen MR) is 122 cm³/mol. The van der Waals surface area contributed by atoms with Crippen LogP contribution in [0.25, 0.3) is 0 Å². The Morgan fingerprint density at radius 1 is 1.00 bits per heavy atom. The summed E-state index contributed by atoms with van der Waals surface area (Å²) in [5, 5.41) is 2.79. The zero-order chi connectivity index (χ0) is 21.1. The van der Waals surface area contributed by atoms with E-state index in [4.69, 9.17) is 4.74 Å². The van der Waals surface area contributed by atoms with Crippen LogP contribution < -0.4 is 5.32 Å². The Hall–Kier alpha value is -2.19. The number of rotatable bonds is 7. The Morgan fingerprint density at radius 3 is 2.17 bits per heavy atom. The summed E-state index contributed by atoms with van der Waals surface area (Å²) in [5.74, 6) is -0.120. The van der Waals surface area contributed by atoms with Crippen LogP contribution in [0.15, 0.2) is 48.5 Å². The summed E-state index contributed by atoms with van der Waals surface area (Å²) in [6.45, 7) is 8.62. The number of anilines is 1. The van der Waals surface area contributed by atoms with Crippen LogP contribution >= 0.6 is 7.26 Å². The first kappa shape index (κ1) is 21.5. The maximum atomic E-state index is 13.4. The van der Waals surface area contributed by atoms with Gasteiger partial charge in [-0.25, -0.2) is 0 Å². The molecule has 29 heavy (non-hydrogen) atoms. The Labute approximate surface area is 174 Å². The van der Waals surface area contributed by atoms with Crippen molar-refractivity contribution < 1.29 is 14.3 Å². The van der Waals surface area contributed by atoms with Crippen LogP contribution in [0.4, 0.5) is 5.69 Å². The van der Waals surface area contributed by atoms with Gasteiger partial charge in [-0.2, -0.15) is 0 Å². The van der Waals surface area contributed by atoms with Crippen LogP contribution in [0.3, 0.4) is 0 Å². The van der Waals surface area contributed by atoms with Gasteiger partial charge in [-0.05, 0) is 0 Å². The number of hydrogen-bond donors (Lipinski definition) is 1. The molecule has 0 radical (unpaired) electrons. The number of aryl methyl sites for hydroxylation is 2. The van der Waals surface area contributed by atoms with Crippen LogP contribution in [0.2, 0.25) is 0 Å². The van der Waals surface area contributed by atoms with Crippen molar-refractivity contribution in [3.8, 4) is 0 Å². The van der Waals surface area contributed by atoms with Crippen molar-refractivity contribution in [1.82, 2.24) is 0 Å². The fourth-order valence-electron chi connectivity index (χ4n) is 4.31. The van der Waals surface area contributed by atoms with Crippen LogP contribution in [0.5, 0.6) is 0 Å². The minimum atomic E-state index is -2.21. The van der Waals surface area contributed by atoms with Gasteiger partial charge >= 0.3 is 174 Å². The van der Waals surface area contributed by atoms with Gasteiger partial charge in [-0.3, -0.25) is 0 Å². The summed E-state index contributed by atoms with van der Waals surface area (Å²) in [7, 11) is -2.21. The monoisotopic (exact) mass is 413 g/mol. The van der Waals surface area contributed by atoms with E-state index >= 15 is 0 Å². The molecule has 3 rings (SSSR count). The first-order chi connectivity index (χ1) is 13.7. The van der Waals surface area contributed by atoms with Crippen LogP contribution in [-0.2, 0) is 20.9 Å². The number of carbonyl (C=O) groups is 2. The quantitative estimate of drug-likeness (QED) is 0.518. The Morgan fingerprint density at radius 2 is 1.62 bits per heavy atom. The van der Waals surface area contributed by atoms with Gasteiger partial charge in [0, 0.05) is 0 Å². The first-order valence-corrected chi connectivity index (χ1v) is 13.5. The van der Waals surface area contributed by atoms with Crippen molar-refractivity contribution >= 4 is 24.8 Å². The summed E-state index contributed by atoms with van der Waals surface area (Å²) < 4.78 is 5.53. The standard InChI is InChI=1S/C24H32NO3P/c1-18-10-8-11-19(2)22(18)25-23(27)24(14-9-15-24)29(3,4)17-21(26)28-16-20-12-6-5-7-13-20/h5-8,10-13,29H,9,14-17H2,1-4H3,(H,25,27). The average molecular weight is 413 g/mol. The Balaban J connectivity index is 1.69. The summed E-state index contributed by atoms with van der Waals surface area (Å²) >= 11 is 0. The maximum absolute atomic E-state index is 13.4. The van der Waals surface area contributed by atoms with Crippen LogP contribution in [-0.4, -0.2) is 36.5 Å². The summed E-state index contributed by atoms with van der Waals surface area (Å²) in [4.78, 5) is 26.0. The molecule has 0 bridgehead atoms. The minimum absolute atomic E-state index is 0.0775. The molecular weight excluding hydrogens is 381 g/mol. The average Bonchev–Trinajstić information content (AvgIpc) is 2.62. The molecule has 4 nitrogen and oxygen atoms in total. The molecule has 5 heteroatoms. The predicted octanol–water partition coefficient (Wildman–Crippen LogP) is 4.92. The van der Waals surface area contributed by atoms with Gasteiger partial charge in [0.05, 0.1) is 0 Å². The molecule has 156 valence electrons. The van der Waals surface area contributed by atoms with Gasteiger partial charge in [0.1, 0.15) is 0 Å². The number of carbonyl (C=O) groups excluding carboxylic acids is 2. The molecule has 2 aromatic rings. The van der Waals surface area contributed by atoms with Gasteiger partial charge in [-0.15, -0.1) is 0 Å². The van der Waals surface area contributed by atoms with E-state index in [0.29, 0.717) is 6.16 Å². The number of amides is 1. The third-order valence-electron chi connectivity index (χ3n) is 6.49. The van der Waals surface area contributed by atoms with Gasteiger partial charge in [-0.1, -0.05) is 0 Å². The third kappa shape index (κ3) is 4.53.